The van der Waals surface area contributed by atoms with Crippen molar-refractivity contribution >= 4 is 12.1 Å². The number of carbonyl (C=O) groups is 1. The molecule has 1 fully saturated rings. The zero-order chi connectivity index (χ0) is 26.2. The number of hydrazine groups is 1. The fourth-order valence-corrected chi connectivity index (χ4v) is 4.09. The Balaban J connectivity index is 0.000000266. The maximum absolute atomic E-state index is 12.7. The van der Waals surface area contributed by atoms with Gasteiger partial charge in [0.2, 0.25) is 6.41 Å². The van der Waals surface area contributed by atoms with E-state index in [2.05, 4.69) is 29.7 Å². The van der Waals surface area contributed by atoms with E-state index in [1.165, 1.54) is 56.1 Å². The highest BCUT2D eigenvalue weighted by molar-refractivity contribution is 5.79. The van der Waals surface area contributed by atoms with Crippen LogP contribution in [-0.2, 0) is 11.2 Å². The maximum Gasteiger partial charge on any atom is 0.204 e. The summed E-state index contributed by atoms with van der Waals surface area (Å²) in [7, 11) is 1.88. The molecule has 6 nitrogen and oxygen atoms in total. The topological polar surface area (TPSA) is 96.7 Å². The van der Waals surface area contributed by atoms with Crippen molar-refractivity contribution in [2.45, 2.75) is 78.1 Å². The third kappa shape index (κ3) is 11.4. The highest BCUT2D eigenvalue weighted by Gasteiger charge is 2.18. The van der Waals surface area contributed by atoms with Crippen molar-refractivity contribution < 1.29 is 9.18 Å². The molecule has 1 amide bonds. The number of allylic oxidation sites excluding steroid dienone is 1. The Morgan fingerprint density at radius 3 is 2.26 bits per heavy atom. The van der Waals surface area contributed by atoms with Crippen molar-refractivity contribution in [2.24, 2.45) is 16.5 Å². The standard InChI is InChI=1S/C11H18N4.C10H11F.C6H12.CH3NO/c1-8(2)13-6-5-9(3)10-7-14-15(4)11(10)12;1-7-2-3-8-6-9(11)4-5-10(7)8;1-2-4-6-5-3-1;2-1-3/h5-6,14H,3,7,12H2,1-2,4H3;4-7H,2-3H2,1H3;1-6H2;1H,(H2,2,3)/b6-5-;;;. The lowest BCUT2D eigenvalue weighted by molar-refractivity contribution is -0.106. The zero-order valence-corrected chi connectivity index (χ0v) is 21.9. The Kier molecular flexibility index (Phi) is 14.3. The number of carbonyl (C=O) groups excluding carboxylic acids is 1. The van der Waals surface area contributed by atoms with Crippen LogP contribution in [0.3, 0.4) is 0 Å². The first-order valence-corrected chi connectivity index (χ1v) is 12.5. The molecule has 1 saturated carbocycles. The Labute approximate surface area is 211 Å². The molecule has 0 bridgehead atoms. The summed E-state index contributed by atoms with van der Waals surface area (Å²) in [5, 5.41) is 1.79. The lowest BCUT2D eigenvalue weighted by atomic mass is 10.0. The number of benzene rings is 1. The number of amides is 1. The molecule has 2 aliphatic carbocycles. The number of fused-ring (bicyclic) bond motifs is 1. The molecule has 4 rings (SSSR count). The molecule has 35 heavy (non-hydrogen) atoms. The summed E-state index contributed by atoms with van der Waals surface area (Å²) >= 11 is 0. The van der Waals surface area contributed by atoms with E-state index in [0.29, 0.717) is 5.92 Å². The highest BCUT2D eigenvalue weighted by Crippen LogP contribution is 2.32. The molecule has 1 aromatic rings. The van der Waals surface area contributed by atoms with Crippen LogP contribution in [0.4, 0.5) is 4.39 Å². The summed E-state index contributed by atoms with van der Waals surface area (Å²) in [5.41, 5.74) is 18.6. The van der Waals surface area contributed by atoms with Crippen LogP contribution >= 0.6 is 0 Å². The Morgan fingerprint density at radius 1 is 1.20 bits per heavy atom. The number of hydrogen-bond donors (Lipinski definition) is 3. The summed E-state index contributed by atoms with van der Waals surface area (Å²) in [6, 6.07) is 5.14. The van der Waals surface area contributed by atoms with E-state index in [1.54, 1.807) is 23.3 Å². The van der Waals surface area contributed by atoms with Crippen LogP contribution in [-0.4, -0.2) is 30.7 Å². The molecule has 1 atom stereocenters. The second-order valence-electron chi connectivity index (χ2n) is 9.22. The van der Waals surface area contributed by atoms with Gasteiger partial charge in [-0.15, -0.1) is 0 Å². The number of nitrogens with zero attached hydrogens (tertiary/aromatic N) is 2. The van der Waals surface area contributed by atoms with Crippen molar-refractivity contribution in [3.8, 4) is 0 Å². The number of aryl methyl sites for hydroxylation is 1. The van der Waals surface area contributed by atoms with E-state index in [1.807, 2.05) is 33.0 Å². The van der Waals surface area contributed by atoms with Gasteiger partial charge in [-0.2, -0.15) is 0 Å². The minimum atomic E-state index is -0.0992. The number of hydrogen-bond acceptors (Lipinski definition) is 5. The molecule has 0 saturated heterocycles. The lowest BCUT2D eigenvalue weighted by Crippen LogP contribution is -2.30. The van der Waals surface area contributed by atoms with Crippen molar-refractivity contribution in [1.82, 2.24) is 10.4 Å². The van der Waals surface area contributed by atoms with Gasteiger partial charge in [0, 0.05) is 31.1 Å². The predicted molar refractivity (Wildman–Crippen MR) is 145 cm³/mol. The van der Waals surface area contributed by atoms with Crippen molar-refractivity contribution in [3.05, 3.63) is 71.0 Å². The Hall–Kier alpha value is -2.93. The van der Waals surface area contributed by atoms with E-state index in [0.717, 1.165) is 35.6 Å². The summed E-state index contributed by atoms with van der Waals surface area (Å²) in [5.74, 6) is 1.25. The van der Waals surface area contributed by atoms with Gasteiger partial charge in [-0.25, -0.2) is 9.82 Å². The Bertz CT molecular complexity index is 887. The average Bonchev–Trinajstić information content (AvgIpc) is 3.37. The molecule has 0 spiro atoms. The summed E-state index contributed by atoms with van der Waals surface area (Å²) < 4.78 is 12.7. The molecule has 0 radical (unpaired) electrons. The first kappa shape index (κ1) is 30.1. The van der Waals surface area contributed by atoms with Gasteiger partial charge in [0.1, 0.15) is 11.6 Å². The number of halogens is 1. The number of rotatable bonds is 3. The zero-order valence-electron chi connectivity index (χ0n) is 21.9. The monoisotopic (exact) mass is 485 g/mol. The third-order valence-corrected chi connectivity index (χ3v) is 6.14. The van der Waals surface area contributed by atoms with Gasteiger partial charge in [-0.1, -0.05) is 58.1 Å². The molecule has 1 aliphatic heterocycles. The third-order valence-electron chi connectivity index (χ3n) is 6.14. The largest absolute Gasteiger partial charge is 0.384 e. The second kappa shape index (κ2) is 16.7. The maximum atomic E-state index is 12.7. The molecular weight excluding hydrogens is 441 g/mol. The SMILES string of the molecule is C1CCCCC1.C=C(/C=C\N=C(C)C)C1=C(N)N(C)NC1.CC1CCc2cc(F)ccc21.NC=O. The minimum absolute atomic E-state index is 0.0992. The first-order chi connectivity index (χ1) is 16.7. The fraction of sp³-hybridized carbons (Fsp3) is 0.500. The normalized spacial score (nSPS) is 18.3. The second-order valence-corrected chi connectivity index (χ2v) is 9.22. The molecule has 0 aromatic heterocycles. The smallest absolute Gasteiger partial charge is 0.204 e. The summed E-state index contributed by atoms with van der Waals surface area (Å²) in [6.07, 6.45) is 15.1. The molecule has 194 valence electrons. The molecule has 5 N–H and O–H groups in total. The van der Waals surface area contributed by atoms with E-state index < -0.39 is 0 Å². The van der Waals surface area contributed by atoms with E-state index in [9.17, 15) is 4.39 Å². The van der Waals surface area contributed by atoms with Crippen LogP contribution in [0.25, 0.3) is 0 Å². The number of nitrogens with two attached hydrogens (primary N) is 2. The highest BCUT2D eigenvalue weighted by atomic mass is 19.1. The van der Waals surface area contributed by atoms with Gasteiger partial charge in [-0.05, 0) is 67.5 Å². The minimum Gasteiger partial charge on any atom is -0.384 e. The Morgan fingerprint density at radius 2 is 1.77 bits per heavy atom. The predicted octanol–water partition coefficient (Wildman–Crippen LogP) is 5.47. The molecule has 7 heteroatoms. The van der Waals surface area contributed by atoms with Crippen LogP contribution in [0.1, 0.15) is 82.8 Å². The van der Waals surface area contributed by atoms with Crippen LogP contribution in [0, 0.1) is 5.82 Å². The van der Waals surface area contributed by atoms with E-state index >= 15 is 0 Å². The lowest BCUT2D eigenvalue weighted by Gasteiger charge is -2.11. The van der Waals surface area contributed by atoms with Gasteiger partial charge in [0.25, 0.3) is 0 Å². The van der Waals surface area contributed by atoms with Crippen LogP contribution in [0.5, 0.6) is 0 Å². The molecule has 3 aliphatic rings. The molecular formula is C28H44FN5O. The van der Waals surface area contributed by atoms with Gasteiger partial charge in [0.05, 0.1) is 0 Å². The molecule has 1 aromatic carbocycles. The van der Waals surface area contributed by atoms with Crippen molar-refractivity contribution in [2.75, 3.05) is 13.6 Å². The van der Waals surface area contributed by atoms with Crippen LogP contribution in [0.2, 0.25) is 0 Å². The van der Waals surface area contributed by atoms with Crippen LogP contribution < -0.4 is 16.9 Å². The quantitative estimate of drug-likeness (QED) is 0.300. The van der Waals surface area contributed by atoms with Gasteiger partial charge < -0.3 is 11.5 Å². The van der Waals surface area contributed by atoms with Crippen molar-refractivity contribution in [1.29, 1.82) is 0 Å². The summed E-state index contributed by atoms with van der Waals surface area (Å²) in [4.78, 5) is 12.7. The summed E-state index contributed by atoms with van der Waals surface area (Å²) in [6.45, 7) is 10.8. The van der Waals surface area contributed by atoms with Crippen molar-refractivity contribution in [3.63, 3.8) is 0 Å². The van der Waals surface area contributed by atoms with E-state index in [-0.39, 0.29) is 12.2 Å². The van der Waals surface area contributed by atoms with Gasteiger partial charge in [0.15, 0.2) is 0 Å². The van der Waals surface area contributed by atoms with Gasteiger partial charge in [-0.3, -0.25) is 14.8 Å². The first-order valence-electron chi connectivity index (χ1n) is 12.5. The number of primary amides is 1. The fourth-order valence-electron chi connectivity index (χ4n) is 4.09. The van der Waals surface area contributed by atoms with Crippen LogP contribution in [0.15, 0.2) is 59.0 Å². The number of nitrogens with one attached hydrogen (secondary N) is 1. The average molecular weight is 486 g/mol. The molecule has 1 unspecified atom stereocenters. The number of aliphatic imine (C=N–C) groups is 1. The molecule has 1 heterocycles. The van der Waals surface area contributed by atoms with E-state index in [4.69, 9.17) is 10.5 Å². The van der Waals surface area contributed by atoms with Gasteiger partial charge >= 0.3 is 0 Å².